The summed E-state index contributed by atoms with van der Waals surface area (Å²) < 4.78 is 5.22. The van der Waals surface area contributed by atoms with Gasteiger partial charge in [0.1, 0.15) is 11.8 Å². The number of hydrogen-bond donors (Lipinski definition) is 1. The van der Waals surface area contributed by atoms with Gasteiger partial charge in [-0.2, -0.15) is 5.26 Å². The molecule has 0 spiro atoms. The minimum Gasteiger partial charge on any atom is -0.497 e. The Bertz CT molecular complexity index is 586. The molecule has 2 rings (SSSR count). The number of nitriles is 1. The van der Waals surface area contributed by atoms with Gasteiger partial charge in [0.25, 0.3) is 0 Å². The molecule has 1 heterocycles. The van der Waals surface area contributed by atoms with Crippen LogP contribution in [0.15, 0.2) is 35.7 Å². The number of rotatable bonds is 5. The summed E-state index contributed by atoms with van der Waals surface area (Å²) in [6.45, 7) is 2.89. The van der Waals surface area contributed by atoms with Gasteiger partial charge >= 0.3 is 0 Å². The molecule has 1 aromatic carbocycles. The molecule has 0 bridgehead atoms. The molecule has 4 heteroatoms. The van der Waals surface area contributed by atoms with Gasteiger partial charge < -0.3 is 10.1 Å². The lowest BCUT2D eigenvalue weighted by Crippen LogP contribution is -2.17. The van der Waals surface area contributed by atoms with Crippen LogP contribution in [0.25, 0.3) is 0 Å². The first kappa shape index (κ1) is 13.6. The van der Waals surface area contributed by atoms with Crippen LogP contribution >= 0.6 is 11.3 Å². The van der Waals surface area contributed by atoms with E-state index >= 15 is 0 Å². The van der Waals surface area contributed by atoms with Crippen LogP contribution in [-0.2, 0) is 6.54 Å². The molecule has 0 aliphatic carbocycles. The van der Waals surface area contributed by atoms with Gasteiger partial charge in [-0.1, -0.05) is 12.1 Å². The molecule has 98 valence electrons. The minimum absolute atomic E-state index is 0.239. The summed E-state index contributed by atoms with van der Waals surface area (Å²) in [4.78, 5) is 1.17. The Kier molecular flexibility index (Phi) is 4.56. The Morgan fingerprint density at radius 3 is 2.95 bits per heavy atom. The van der Waals surface area contributed by atoms with Gasteiger partial charge in [-0.05, 0) is 30.7 Å². The van der Waals surface area contributed by atoms with E-state index in [1.165, 1.54) is 10.4 Å². The maximum atomic E-state index is 8.79. The molecule has 0 aliphatic rings. The van der Waals surface area contributed by atoms with Crippen molar-refractivity contribution >= 4 is 11.3 Å². The monoisotopic (exact) mass is 272 g/mol. The molecule has 1 aromatic heterocycles. The highest BCUT2D eigenvalue weighted by Gasteiger charge is 2.07. The van der Waals surface area contributed by atoms with Crippen LogP contribution in [0.2, 0.25) is 0 Å². The van der Waals surface area contributed by atoms with Gasteiger partial charge in [0.15, 0.2) is 0 Å². The predicted molar refractivity (Wildman–Crippen MR) is 77.3 cm³/mol. The maximum absolute atomic E-state index is 8.79. The van der Waals surface area contributed by atoms with E-state index in [0.717, 1.165) is 17.9 Å². The van der Waals surface area contributed by atoms with E-state index in [1.807, 2.05) is 29.6 Å². The highest BCUT2D eigenvalue weighted by Crippen LogP contribution is 2.20. The highest BCUT2D eigenvalue weighted by atomic mass is 32.1. The summed E-state index contributed by atoms with van der Waals surface area (Å²) in [7, 11) is 1.67. The van der Waals surface area contributed by atoms with Crippen molar-refractivity contribution in [2.45, 2.75) is 19.5 Å². The minimum atomic E-state index is 0.239. The number of benzene rings is 1. The number of nitrogens with zero attached hydrogens (tertiary/aromatic N) is 1. The molecular formula is C15H16N2OS. The molecule has 19 heavy (non-hydrogen) atoms. The summed E-state index contributed by atoms with van der Waals surface area (Å²) in [5.41, 5.74) is 1.92. The number of nitrogens with one attached hydrogen (secondary N) is 1. The number of methoxy groups -OCH3 is 1. The third kappa shape index (κ3) is 3.57. The summed E-state index contributed by atoms with van der Waals surface area (Å²) >= 11 is 1.61. The standard InChI is InChI=1S/C15H16N2OS/c1-11(13-4-3-5-14(7-13)18-2)17-9-15-6-12(8-16)10-19-15/h3-7,10-11,17H,9H2,1-2H3/t11-/m1/s1. The lowest BCUT2D eigenvalue weighted by Gasteiger charge is -2.14. The van der Waals surface area contributed by atoms with Crippen molar-refractivity contribution in [3.05, 3.63) is 51.7 Å². The fourth-order valence-corrected chi connectivity index (χ4v) is 2.58. The Morgan fingerprint density at radius 2 is 2.26 bits per heavy atom. The molecule has 0 unspecified atom stereocenters. The molecule has 3 nitrogen and oxygen atoms in total. The molecule has 1 N–H and O–H groups in total. The average Bonchev–Trinajstić information content (AvgIpc) is 2.93. The van der Waals surface area contributed by atoms with Crippen molar-refractivity contribution in [2.24, 2.45) is 0 Å². The third-order valence-corrected chi connectivity index (χ3v) is 3.90. The first-order valence-electron chi connectivity index (χ1n) is 6.08. The van der Waals surface area contributed by atoms with Crippen LogP contribution in [0.1, 0.15) is 29.0 Å². The van der Waals surface area contributed by atoms with E-state index in [9.17, 15) is 0 Å². The Hall–Kier alpha value is -1.83. The normalized spacial score (nSPS) is 11.8. The van der Waals surface area contributed by atoms with E-state index < -0.39 is 0 Å². The van der Waals surface area contributed by atoms with Gasteiger partial charge in [0.05, 0.1) is 12.7 Å². The van der Waals surface area contributed by atoms with Crippen LogP contribution in [0.3, 0.4) is 0 Å². The second-order valence-electron chi connectivity index (χ2n) is 4.29. The summed E-state index contributed by atoms with van der Waals surface area (Å²) in [5, 5.41) is 14.1. The van der Waals surface area contributed by atoms with E-state index in [-0.39, 0.29) is 6.04 Å². The van der Waals surface area contributed by atoms with Gasteiger partial charge in [-0.15, -0.1) is 11.3 Å². The van der Waals surface area contributed by atoms with E-state index in [0.29, 0.717) is 0 Å². The lowest BCUT2D eigenvalue weighted by atomic mass is 10.1. The van der Waals surface area contributed by atoms with Crippen LogP contribution in [0.5, 0.6) is 5.75 Å². The van der Waals surface area contributed by atoms with Gasteiger partial charge in [-0.3, -0.25) is 0 Å². The number of ether oxygens (including phenoxy) is 1. The maximum Gasteiger partial charge on any atom is 0.119 e. The van der Waals surface area contributed by atoms with Gasteiger partial charge in [0.2, 0.25) is 0 Å². The number of hydrogen-bond acceptors (Lipinski definition) is 4. The quantitative estimate of drug-likeness (QED) is 0.906. The second kappa shape index (κ2) is 6.37. The third-order valence-electron chi connectivity index (χ3n) is 2.96. The molecular weight excluding hydrogens is 256 g/mol. The molecule has 0 aliphatic heterocycles. The zero-order valence-corrected chi connectivity index (χ0v) is 11.8. The fourth-order valence-electron chi connectivity index (χ4n) is 1.81. The van der Waals surface area contributed by atoms with Crippen LogP contribution in [-0.4, -0.2) is 7.11 Å². The topological polar surface area (TPSA) is 45.0 Å². The summed E-state index contributed by atoms with van der Waals surface area (Å²) in [6.07, 6.45) is 0. The molecule has 0 amide bonds. The summed E-state index contributed by atoms with van der Waals surface area (Å²) in [6, 6.07) is 12.4. The zero-order valence-electron chi connectivity index (χ0n) is 11.0. The van der Waals surface area contributed by atoms with Crippen molar-refractivity contribution in [2.75, 3.05) is 7.11 Å². The SMILES string of the molecule is COc1cccc([C@@H](C)NCc2cc(C#N)cs2)c1. The van der Waals surface area contributed by atoms with Crippen molar-refractivity contribution in [3.8, 4) is 11.8 Å². The second-order valence-corrected chi connectivity index (χ2v) is 5.29. The molecule has 0 saturated carbocycles. The van der Waals surface area contributed by atoms with Crippen molar-refractivity contribution in [1.82, 2.24) is 5.32 Å². The Balaban J connectivity index is 1.97. The van der Waals surface area contributed by atoms with Crippen LogP contribution < -0.4 is 10.1 Å². The highest BCUT2D eigenvalue weighted by molar-refractivity contribution is 7.10. The van der Waals surface area contributed by atoms with Crippen LogP contribution in [0.4, 0.5) is 0 Å². The Labute approximate surface area is 117 Å². The average molecular weight is 272 g/mol. The first-order chi connectivity index (χ1) is 9.22. The predicted octanol–water partition coefficient (Wildman–Crippen LogP) is 3.48. The molecule has 0 fully saturated rings. The molecule has 1 atom stereocenters. The summed E-state index contributed by atoms with van der Waals surface area (Å²) in [5.74, 6) is 0.869. The van der Waals surface area contributed by atoms with Crippen molar-refractivity contribution in [3.63, 3.8) is 0 Å². The smallest absolute Gasteiger partial charge is 0.119 e. The molecule has 0 saturated heterocycles. The largest absolute Gasteiger partial charge is 0.497 e. The van der Waals surface area contributed by atoms with E-state index in [4.69, 9.17) is 10.00 Å². The van der Waals surface area contributed by atoms with Crippen LogP contribution in [0, 0.1) is 11.3 Å². The van der Waals surface area contributed by atoms with Gasteiger partial charge in [0, 0.05) is 22.8 Å². The van der Waals surface area contributed by atoms with E-state index in [2.05, 4.69) is 24.4 Å². The van der Waals surface area contributed by atoms with Crippen molar-refractivity contribution in [1.29, 1.82) is 5.26 Å². The Morgan fingerprint density at radius 1 is 1.42 bits per heavy atom. The molecule has 2 aromatic rings. The van der Waals surface area contributed by atoms with Gasteiger partial charge in [-0.25, -0.2) is 0 Å². The van der Waals surface area contributed by atoms with E-state index in [1.54, 1.807) is 18.4 Å². The fraction of sp³-hybridized carbons (Fsp3) is 0.267. The zero-order chi connectivity index (χ0) is 13.7. The molecule has 0 radical (unpaired) electrons. The van der Waals surface area contributed by atoms with Crippen molar-refractivity contribution < 1.29 is 4.74 Å². The first-order valence-corrected chi connectivity index (χ1v) is 6.95. The number of thiophene rings is 1. The lowest BCUT2D eigenvalue weighted by molar-refractivity contribution is 0.413.